The minimum absolute atomic E-state index is 0. The highest BCUT2D eigenvalue weighted by Gasteiger charge is 2.13. The maximum atomic E-state index is 12.2. The summed E-state index contributed by atoms with van der Waals surface area (Å²) in [6, 6.07) is 10.5. The molecule has 1 aromatic heterocycles. The molecule has 0 radical (unpaired) electrons. The molecular weight excluding hydrogens is 477 g/mol. The summed E-state index contributed by atoms with van der Waals surface area (Å²) in [5.41, 5.74) is 0. The fraction of sp³-hybridized carbons (Fsp3) is 0.444. The number of benzene rings is 1. The average Bonchev–Trinajstić information content (AvgIpc) is 3.16. The molecule has 9 heteroatoms. The quantitative estimate of drug-likeness (QED) is 0.224. The SMILES string of the molecule is CCNC(=NCCCn1cccn1)NCCCS(=O)(=O)c1ccccc1.I. The third-order valence-electron chi connectivity index (χ3n) is 3.70. The van der Waals surface area contributed by atoms with Crippen molar-refractivity contribution in [1.29, 1.82) is 0 Å². The van der Waals surface area contributed by atoms with Crippen LogP contribution in [0.1, 0.15) is 19.8 Å². The van der Waals surface area contributed by atoms with Crippen molar-refractivity contribution in [2.24, 2.45) is 4.99 Å². The predicted octanol–water partition coefficient (Wildman–Crippen LogP) is 2.31. The minimum Gasteiger partial charge on any atom is -0.357 e. The third-order valence-corrected chi connectivity index (χ3v) is 5.52. The van der Waals surface area contributed by atoms with Gasteiger partial charge in [-0.05, 0) is 38.0 Å². The van der Waals surface area contributed by atoms with Crippen LogP contribution >= 0.6 is 24.0 Å². The molecule has 2 aromatic rings. The van der Waals surface area contributed by atoms with Gasteiger partial charge >= 0.3 is 0 Å². The van der Waals surface area contributed by atoms with Crippen LogP contribution in [0.5, 0.6) is 0 Å². The van der Waals surface area contributed by atoms with Crippen LogP contribution in [-0.2, 0) is 16.4 Å². The van der Waals surface area contributed by atoms with E-state index in [-0.39, 0.29) is 29.7 Å². The van der Waals surface area contributed by atoms with Gasteiger partial charge in [-0.25, -0.2) is 8.42 Å². The molecule has 7 nitrogen and oxygen atoms in total. The zero-order valence-corrected chi connectivity index (χ0v) is 18.7. The van der Waals surface area contributed by atoms with Crippen LogP contribution in [0, 0.1) is 0 Å². The van der Waals surface area contributed by atoms with E-state index in [1.807, 2.05) is 29.9 Å². The van der Waals surface area contributed by atoms with Crippen molar-refractivity contribution in [3.05, 3.63) is 48.8 Å². The maximum Gasteiger partial charge on any atom is 0.191 e. The highest BCUT2D eigenvalue weighted by Crippen LogP contribution is 2.10. The van der Waals surface area contributed by atoms with Crippen LogP contribution in [0.2, 0.25) is 0 Å². The smallest absolute Gasteiger partial charge is 0.191 e. The number of nitrogens with one attached hydrogen (secondary N) is 2. The molecule has 0 aliphatic heterocycles. The lowest BCUT2D eigenvalue weighted by Gasteiger charge is -2.11. The summed E-state index contributed by atoms with van der Waals surface area (Å²) in [5, 5.41) is 10.5. The van der Waals surface area contributed by atoms with Crippen LogP contribution < -0.4 is 10.6 Å². The number of hydrogen-bond acceptors (Lipinski definition) is 4. The zero-order chi connectivity index (χ0) is 18.7. The molecule has 0 aliphatic rings. The van der Waals surface area contributed by atoms with Gasteiger partial charge < -0.3 is 10.6 Å². The Morgan fingerprint density at radius 1 is 1.15 bits per heavy atom. The van der Waals surface area contributed by atoms with Crippen molar-refractivity contribution >= 4 is 39.8 Å². The van der Waals surface area contributed by atoms with Gasteiger partial charge in [0.25, 0.3) is 0 Å². The van der Waals surface area contributed by atoms with Crippen molar-refractivity contribution in [3.63, 3.8) is 0 Å². The fourth-order valence-electron chi connectivity index (χ4n) is 2.41. The van der Waals surface area contributed by atoms with Crippen molar-refractivity contribution in [3.8, 4) is 0 Å². The molecule has 0 saturated carbocycles. The van der Waals surface area contributed by atoms with Gasteiger partial charge in [-0.3, -0.25) is 9.67 Å². The summed E-state index contributed by atoms with van der Waals surface area (Å²) in [6.07, 6.45) is 5.11. The Kier molecular flexibility index (Phi) is 11.0. The van der Waals surface area contributed by atoms with Crippen LogP contribution in [-0.4, -0.2) is 49.5 Å². The third kappa shape index (κ3) is 8.74. The van der Waals surface area contributed by atoms with Crippen LogP contribution in [0.3, 0.4) is 0 Å². The first-order valence-corrected chi connectivity index (χ1v) is 10.5. The average molecular weight is 505 g/mol. The standard InChI is InChI=1S/C18H27N5O2S.HI/c1-2-19-18(20-11-6-14-23-15-7-13-22-23)21-12-8-16-26(24,25)17-9-4-3-5-10-17;/h3-5,7,9-10,13,15H,2,6,8,11-12,14,16H2,1H3,(H2,19,20,21);1H. The Balaban J connectivity index is 0.00000364. The maximum absolute atomic E-state index is 12.2. The molecule has 0 fully saturated rings. The van der Waals surface area contributed by atoms with Gasteiger partial charge in [0.2, 0.25) is 0 Å². The van der Waals surface area contributed by atoms with Gasteiger partial charge in [0, 0.05) is 38.6 Å². The highest BCUT2D eigenvalue weighted by atomic mass is 127. The largest absolute Gasteiger partial charge is 0.357 e. The number of guanidine groups is 1. The zero-order valence-electron chi connectivity index (χ0n) is 15.5. The molecule has 0 atom stereocenters. The molecule has 0 amide bonds. The second-order valence-corrected chi connectivity index (χ2v) is 7.90. The summed E-state index contributed by atoms with van der Waals surface area (Å²) in [6.45, 7) is 4.81. The number of aromatic nitrogens is 2. The number of nitrogens with zero attached hydrogens (tertiary/aromatic N) is 3. The number of halogens is 1. The van der Waals surface area contributed by atoms with Crippen molar-refractivity contribution in [2.45, 2.75) is 31.2 Å². The van der Waals surface area contributed by atoms with Crippen molar-refractivity contribution < 1.29 is 8.42 Å². The molecule has 0 unspecified atom stereocenters. The monoisotopic (exact) mass is 505 g/mol. The number of rotatable bonds is 10. The van der Waals surface area contributed by atoms with Gasteiger partial charge in [0.15, 0.2) is 15.8 Å². The molecule has 2 N–H and O–H groups in total. The molecule has 1 heterocycles. The van der Waals surface area contributed by atoms with Crippen LogP contribution in [0.25, 0.3) is 0 Å². The van der Waals surface area contributed by atoms with Crippen molar-refractivity contribution in [2.75, 3.05) is 25.4 Å². The lowest BCUT2D eigenvalue weighted by Crippen LogP contribution is -2.38. The van der Waals surface area contributed by atoms with E-state index in [1.54, 1.807) is 30.5 Å². The fourth-order valence-corrected chi connectivity index (χ4v) is 3.74. The van der Waals surface area contributed by atoms with E-state index in [9.17, 15) is 8.42 Å². The Morgan fingerprint density at radius 2 is 1.93 bits per heavy atom. The lowest BCUT2D eigenvalue weighted by molar-refractivity contribution is 0.583. The molecule has 0 bridgehead atoms. The second-order valence-electron chi connectivity index (χ2n) is 5.80. The molecular formula is C18H28IN5O2S. The van der Waals surface area contributed by atoms with Crippen molar-refractivity contribution in [1.82, 2.24) is 20.4 Å². The first-order chi connectivity index (χ1) is 12.6. The van der Waals surface area contributed by atoms with Gasteiger partial charge in [-0.1, -0.05) is 18.2 Å². The Bertz CT molecular complexity index is 764. The minimum atomic E-state index is -3.23. The molecule has 150 valence electrons. The predicted molar refractivity (Wildman–Crippen MR) is 119 cm³/mol. The summed E-state index contributed by atoms with van der Waals surface area (Å²) in [5.74, 6) is 0.827. The van der Waals surface area contributed by atoms with Crippen LogP contribution in [0.15, 0.2) is 58.7 Å². The lowest BCUT2D eigenvalue weighted by atomic mass is 10.4. The first-order valence-electron chi connectivity index (χ1n) is 8.89. The van der Waals surface area contributed by atoms with Gasteiger partial charge in [0.1, 0.15) is 0 Å². The highest BCUT2D eigenvalue weighted by molar-refractivity contribution is 14.0. The second kappa shape index (κ2) is 12.7. The normalized spacial score (nSPS) is 11.7. The number of sulfone groups is 1. The van der Waals surface area contributed by atoms with E-state index in [0.717, 1.165) is 19.5 Å². The molecule has 0 aliphatic carbocycles. The van der Waals surface area contributed by atoms with E-state index in [0.29, 0.717) is 30.4 Å². The first kappa shape index (κ1) is 23.4. The number of aryl methyl sites for hydroxylation is 1. The Labute approximate surface area is 178 Å². The van der Waals surface area contributed by atoms with E-state index in [4.69, 9.17) is 0 Å². The van der Waals surface area contributed by atoms with E-state index in [2.05, 4.69) is 20.7 Å². The Morgan fingerprint density at radius 3 is 2.59 bits per heavy atom. The molecule has 27 heavy (non-hydrogen) atoms. The van der Waals surface area contributed by atoms with E-state index >= 15 is 0 Å². The molecule has 1 aromatic carbocycles. The van der Waals surface area contributed by atoms with E-state index < -0.39 is 9.84 Å². The molecule has 0 saturated heterocycles. The van der Waals surface area contributed by atoms with Gasteiger partial charge in [0.05, 0.1) is 10.6 Å². The molecule has 2 rings (SSSR count). The van der Waals surface area contributed by atoms with Gasteiger partial charge in [-0.2, -0.15) is 5.10 Å². The van der Waals surface area contributed by atoms with Gasteiger partial charge in [-0.15, -0.1) is 24.0 Å². The van der Waals surface area contributed by atoms with E-state index in [1.165, 1.54) is 0 Å². The molecule has 0 spiro atoms. The number of aliphatic imine (C=N–C) groups is 1. The summed E-state index contributed by atoms with van der Waals surface area (Å²) >= 11 is 0. The number of hydrogen-bond donors (Lipinski definition) is 2. The summed E-state index contributed by atoms with van der Waals surface area (Å²) < 4.78 is 26.4. The van der Waals surface area contributed by atoms with Crippen LogP contribution in [0.4, 0.5) is 0 Å². The topological polar surface area (TPSA) is 88.4 Å². The Hall–Kier alpha value is -1.62. The summed E-state index contributed by atoms with van der Waals surface area (Å²) in [7, 11) is -3.23. The summed E-state index contributed by atoms with van der Waals surface area (Å²) in [4.78, 5) is 4.88.